The molecule has 0 saturated heterocycles. The van der Waals surface area contributed by atoms with Gasteiger partial charge in [0.05, 0.1) is 11.1 Å². The maximum atomic E-state index is 12.3. The lowest BCUT2D eigenvalue weighted by Gasteiger charge is -2.23. The average molecular weight is 334 g/mol. The number of nitrogens with one attached hydrogen (secondary N) is 1. The predicted molar refractivity (Wildman–Crippen MR) is 83.6 cm³/mol. The second-order valence-corrected chi connectivity index (χ2v) is 6.63. The van der Waals surface area contributed by atoms with Crippen molar-refractivity contribution >= 4 is 33.2 Å². The van der Waals surface area contributed by atoms with E-state index in [1.54, 1.807) is 4.90 Å². The summed E-state index contributed by atoms with van der Waals surface area (Å²) < 4.78 is 26.9. The smallest absolute Gasteiger partial charge is 0.242 e. The summed E-state index contributed by atoms with van der Waals surface area (Å²) in [5.74, 6) is -0.282. The first-order valence-corrected chi connectivity index (χ1v) is 8.45. The third-order valence-corrected chi connectivity index (χ3v) is 5.05. The van der Waals surface area contributed by atoms with Gasteiger partial charge in [-0.05, 0) is 39.0 Å². The van der Waals surface area contributed by atoms with Crippen molar-refractivity contribution in [1.82, 2.24) is 9.62 Å². The zero-order valence-electron chi connectivity index (χ0n) is 12.3. The van der Waals surface area contributed by atoms with Crippen LogP contribution in [0.3, 0.4) is 0 Å². The molecule has 8 heteroatoms. The van der Waals surface area contributed by atoms with Crippen LogP contribution in [-0.4, -0.2) is 38.4 Å². The van der Waals surface area contributed by atoms with Crippen LogP contribution in [0.1, 0.15) is 20.8 Å². The van der Waals surface area contributed by atoms with Gasteiger partial charge >= 0.3 is 0 Å². The number of rotatable bonds is 6. The Labute approximate surface area is 130 Å². The van der Waals surface area contributed by atoms with E-state index in [1.807, 2.05) is 13.8 Å². The van der Waals surface area contributed by atoms with Crippen molar-refractivity contribution in [3.05, 3.63) is 23.2 Å². The number of carbonyl (C=O) groups is 1. The number of nitrogens with two attached hydrogens (primary N) is 1. The van der Waals surface area contributed by atoms with Gasteiger partial charge in [0.15, 0.2) is 0 Å². The monoisotopic (exact) mass is 333 g/mol. The van der Waals surface area contributed by atoms with E-state index in [1.165, 1.54) is 25.1 Å². The van der Waals surface area contributed by atoms with Gasteiger partial charge in [0.2, 0.25) is 15.9 Å². The van der Waals surface area contributed by atoms with Crippen LogP contribution in [0, 0.1) is 0 Å². The van der Waals surface area contributed by atoms with Crippen LogP contribution in [0.2, 0.25) is 5.02 Å². The van der Waals surface area contributed by atoms with E-state index in [-0.39, 0.29) is 15.8 Å². The summed E-state index contributed by atoms with van der Waals surface area (Å²) in [6, 6.07) is 3.24. The van der Waals surface area contributed by atoms with Crippen molar-refractivity contribution < 1.29 is 13.2 Å². The summed E-state index contributed by atoms with van der Waals surface area (Å²) in [5, 5.41) is 0.0185. The minimum atomic E-state index is -3.89. The second-order valence-electron chi connectivity index (χ2n) is 4.54. The van der Waals surface area contributed by atoms with Gasteiger partial charge in [0, 0.05) is 18.8 Å². The third-order valence-electron chi connectivity index (χ3n) is 3.02. The maximum Gasteiger partial charge on any atom is 0.242 e. The highest BCUT2D eigenvalue weighted by Crippen LogP contribution is 2.23. The molecule has 0 heterocycles. The van der Waals surface area contributed by atoms with Gasteiger partial charge in [-0.15, -0.1) is 0 Å². The van der Waals surface area contributed by atoms with E-state index >= 15 is 0 Å². The lowest BCUT2D eigenvalue weighted by atomic mass is 10.3. The van der Waals surface area contributed by atoms with Crippen molar-refractivity contribution in [3.8, 4) is 0 Å². The molecule has 6 nitrogen and oxygen atoms in total. The molecule has 1 aromatic rings. The SMILES string of the molecule is CCN(CC)C(=O)C(C)NS(=O)(=O)c1ccc(N)cc1Cl. The third kappa shape index (κ3) is 4.33. The van der Waals surface area contributed by atoms with Gasteiger partial charge in [-0.2, -0.15) is 4.72 Å². The van der Waals surface area contributed by atoms with Crippen molar-refractivity contribution in [2.24, 2.45) is 0 Å². The van der Waals surface area contributed by atoms with Crippen LogP contribution in [0.4, 0.5) is 5.69 Å². The van der Waals surface area contributed by atoms with Crippen LogP contribution in [0.25, 0.3) is 0 Å². The van der Waals surface area contributed by atoms with Crippen molar-refractivity contribution in [3.63, 3.8) is 0 Å². The molecule has 0 aliphatic heterocycles. The van der Waals surface area contributed by atoms with E-state index in [0.29, 0.717) is 18.8 Å². The highest BCUT2D eigenvalue weighted by Gasteiger charge is 2.26. The molecule has 1 aromatic carbocycles. The number of hydrogen-bond donors (Lipinski definition) is 2. The standard InChI is InChI=1S/C13H20ClN3O3S/c1-4-17(5-2)13(18)9(3)16-21(19,20)12-7-6-10(15)8-11(12)14/h6-9,16H,4-5,15H2,1-3H3. The first-order chi connectivity index (χ1) is 9.72. The van der Waals surface area contributed by atoms with Crippen LogP contribution in [-0.2, 0) is 14.8 Å². The van der Waals surface area contributed by atoms with Gasteiger partial charge in [-0.1, -0.05) is 11.6 Å². The molecular weight excluding hydrogens is 314 g/mol. The minimum Gasteiger partial charge on any atom is -0.399 e. The van der Waals surface area contributed by atoms with Gasteiger partial charge in [0.1, 0.15) is 4.90 Å². The number of hydrogen-bond acceptors (Lipinski definition) is 4. The van der Waals surface area contributed by atoms with Crippen LogP contribution in [0.5, 0.6) is 0 Å². The van der Waals surface area contributed by atoms with Crippen LogP contribution < -0.4 is 10.5 Å². The molecule has 0 spiro atoms. The molecule has 1 rings (SSSR count). The Bertz CT molecular complexity index is 615. The molecule has 0 aliphatic rings. The summed E-state index contributed by atoms with van der Waals surface area (Å²) in [6.07, 6.45) is 0. The Morgan fingerprint density at radius 3 is 2.43 bits per heavy atom. The summed E-state index contributed by atoms with van der Waals surface area (Å²) >= 11 is 5.90. The molecule has 0 bridgehead atoms. The lowest BCUT2D eigenvalue weighted by molar-refractivity contribution is -0.132. The number of benzene rings is 1. The van der Waals surface area contributed by atoms with Crippen molar-refractivity contribution in [2.75, 3.05) is 18.8 Å². The second kappa shape index (κ2) is 7.11. The normalized spacial score (nSPS) is 13.0. The molecule has 0 aromatic heterocycles. The number of nitrogens with zero attached hydrogens (tertiary/aromatic N) is 1. The molecule has 0 aliphatic carbocycles. The number of carbonyl (C=O) groups excluding carboxylic acids is 1. The first-order valence-electron chi connectivity index (χ1n) is 6.59. The molecule has 118 valence electrons. The Morgan fingerprint density at radius 2 is 1.95 bits per heavy atom. The van der Waals surface area contributed by atoms with Gasteiger partial charge in [-0.3, -0.25) is 4.79 Å². The summed E-state index contributed by atoms with van der Waals surface area (Å²) in [4.78, 5) is 13.6. The Hall–Kier alpha value is -1.31. The Morgan fingerprint density at radius 1 is 1.38 bits per heavy atom. The minimum absolute atomic E-state index is 0.0185. The highest BCUT2D eigenvalue weighted by molar-refractivity contribution is 7.89. The summed E-state index contributed by atoms with van der Waals surface area (Å²) in [6.45, 7) is 6.20. The van der Waals surface area contributed by atoms with Gasteiger partial charge in [-0.25, -0.2) is 8.42 Å². The Kier molecular flexibility index (Phi) is 6.00. The summed E-state index contributed by atoms with van der Waals surface area (Å²) in [7, 11) is -3.89. The first kappa shape index (κ1) is 17.7. The zero-order chi connectivity index (χ0) is 16.2. The van der Waals surface area contributed by atoms with Crippen molar-refractivity contribution in [2.45, 2.75) is 31.7 Å². The van der Waals surface area contributed by atoms with Crippen LogP contribution >= 0.6 is 11.6 Å². The van der Waals surface area contributed by atoms with E-state index in [2.05, 4.69) is 4.72 Å². The Balaban J connectivity index is 2.97. The number of nitrogen functional groups attached to an aromatic ring is 1. The fraction of sp³-hybridized carbons (Fsp3) is 0.462. The average Bonchev–Trinajstić information content (AvgIpc) is 2.38. The van der Waals surface area contributed by atoms with Gasteiger partial charge < -0.3 is 10.6 Å². The maximum absolute atomic E-state index is 12.3. The predicted octanol–water partition coefficient (Wildman–Crippen LogP) is 1.46. The molecule has 1 unspecified atom stereocenters. The fourth-order valence-corrected chi connectivity index (χ4v) is 3.64. The number of halogens is 1. The molecular formula is C13H20ClN3O3S. The topological polar surface area (TPSA) is 92.5 Å². The number of anilines is 1. The molecule has 0 radical (unpaired) electrons. The highest BCUT2D eigenvalue weighted by atomic mass is 35.5. The largest absolute Gasteiger partial charge is 0.399 e. The molecule has 1 amide bonds. The fourth-order valence-electron chi connectivity index (χ4n) is 1.89. The van der Waals surface area contributed by atoms with Crippen molar-refractivity contribution in [1.29, 1.82) is 0 Å². The molecule has 0 fully saturated rings. The lowest BCUT2D eigenvalue weighted by Crippen LogP contribution is -2.46. The summed E-state index contributed by atoms with van der Waals surface area (Å²) in [5.41, 5.74) is 5.90. The molecule has 0 saturated carbocycles. The van der Waals surface area contributed by atoms with E-state index in [9.17, 15) is 13.2 Å². The van der Waals surface area contributed by atoms with Crippen LogP contribution in [0.15, 0.2) is 23.1 Å². The number of likely N-dealkylation sites (N-methyl/N-ethyl adjacent to an activating group) is 1. The zero-order valence-corrected chi connectivity index (χ0v) is 13.8. The molecule has 21 heavy (non-hydrogen) atoms. The van der Waals surface area contributed by atoms with Gasteiger partial charge in [0.25, 0.3) is 0 Å². The number of sulfonamides is 1. The van der Waals surface area contributed by atoms with E-state index in [0.717, 1.165) is 0 Å². The van der Waals surface area contributed by atoms with E-state index in [4.69, 9.17) is 17.3 Å². The molecule has 3 N–H and O–H groups in total. The number of amides is 1. The van der Waals surface area contributed by atoms with E-state index < -0.39 is 16.1 Å². The quantitative estimate of drug-likeness (QED) is 0.771. The molecule has 1 atom stereocenters.